The number of nitrogens with zero attached hydrogens (tertiary/aromatic N) is 1. The molecule has 0 bridgehead atoms. The number of halogens is 1. The van der Waals surface area contributed by atoms with Gasteiger partial charge in [0.15, 0.2) is 0 Å². The normalized spacial score (nSPS) is 13.3. The second-order valence-corrected chi connectivity index (χ2v) is 6.24. The number of benzene rings is 2. The largest absolute Gasteiger partial charge is 0.491 e. The number of nitriles is 1. The lowest BCUT2D eigenvalue weighted by Crippen LogP contribution is -2.24. The molecule has 2 aromatic rings. The molecule has 2 rings (SSSR count). The minimum Gasteiger partial charge on any atom is -0.491 e. The highest BCUT2D eigenvalue weighted by Gasteiger charge is 2.13. The summed E-state index contributed by atoms with van der Waals surface area (Å²) >= 11 is 0. The second-order valence-electron chi connectivity index (χ2n) is 6.24. The fraction of sp³-hybridized carbons (Fsp3) is 0.350. The van der Waals surface area contributed by atoms with Gasteiger partial charge in [-0.3, -0.25) is 0 Å². The van der Waals surface area contributed by atoms with Crippen LogP contribution < -0.4 is 10.1 Å². The van der Waals surface area contributed by atoms with Gasteiger partial charge in [0, 0.05) is 12.6 Å². The highest BCUT2D eigenvalue weighted by atomic mass is 19.1. The van der Waals surface area contributed by atoms with E-state index in [9.17, 15) is 9.50 Å². The minimum absolute atomic E-state index is 0.0259. The van der Waals surface area contributed by atoms with Crippen LogP contribution in [0.2, 0.25) is 0 Å². The molecule has 132 valence electrons. The Morgan fingerprint density at radius 2 is 1.92 bits per heavy atom. The van der Waals surface area contributed by atoms with E-state index in [-0.39, 0.29) is 17.7 Å². The van der Waals surface area contributed by atoms with E-state index < -0.39 is 11.9 Å². The molecule has 0 aliphatic heterocycles. The first-order chi connectivity index (χ1) is 11.9. The lowest BCUT2D eigenvalue weighted by atomic mass is 10.0. The summed E-state index contributed by atoms with van der Waals surface area (Å²) in [5.41, 5.74) is 1.50. The van der Waals surface area contributed by atoms with E-state index in [1.54, 1.807) is 12.1 Å². The molecule has 2 unspecified atom stereocenters. The molecule has 0 radical (unpaired) electrons. The number of hydrogen-bond acceptors (Lipinski definition) is 4. The third-order valence-electron chi connectivity index (χ3n) is 3.85. The van der Waals surface area contributed by atoms with Gasteiger partial charge >= 0.3 is 0 Å². The smallest absolute Gasteiger partial charge is 0.141 e. The third kappa shape index (κ3) is 5.28. The Morgan fingerprint density at radius 3 is 2.56 bits per heavy atom. The van der Waals surface area contributed by atoms with Crippen LogP contribution in [-0.2, 0) is 0 Å². The lowest BCUT2D eigenvalue weighted by Gasteiger charge is -2.19. The molecule has 5 heteroatoms. The first kappa shape index (κ1) is 18.9. The van der Waals surface area contributed by atoms with Gasteiger partial charge in [0.1, 0.15) is 17.6 Å². The Balaban J connectivity index is 1.98. The van der Waals surface area contributed by atoms with E-state index in [1.807, 2.05) is 45.0 Å². The van der Waals surface area contributed by atoms with E-state index >= 15 is 0 Å². The van der Waals surface area contributed by atoms with E-state index in [0.717, 1.165) is 11.1 Å². The summed E-state index contributed by atoms with van der Waals surface area (Å²) in [5.74, 6) is 0.182. The van der Waals surface area contributed by atoms with Gasteiger partial charge in [0.2, 0.25) is 0 Å². The average Bonchev–Trinajstić information content (AvgIpc) is 2.58. The molecule has 0 amide bonds. The third-order valence-corrected chi connectivity index (χ3v) is 3.85. The molecule has 0 saturated carbocycles. The number of aliphatic hydroxyl groups is 1. The van der Waals surface area contributed by atoms with Crippen LogP contribution in [0.3, 0.4) is 0 Å². The van der Waals surface area contributed by atoms with Crippen LogP contribution in [0.25, 0.3) is 0 Å². The fourth-order valence-electron chi connectivity index (χ4n) is 2.48. The van der Waals surface area contributed by atoms with Gasteiger partial charge in [0.25, 0.3) is 0 Å². The van der Waals surface area contributed by atoms with Gasteiger partial charge in [0.05, 0.1) is 17.8 Å². The summed E-state index contributed by atoms with van der Waals surface area (Å²) in [6.07, 6.45) is -0.641. The Labute approximate surface area is 147 Å². The number of rotatable bonds is 7. The van der Waals surface area contributed by atoms with E-state index in [4.69, 9.17) is 10.00 Å². The van der Waals surface area contributed by atoms with Crippen LogP contribution in [0.4, 0.5) is 4.39 Å². The average molecular weight is 342 g/mol. The number of nitrogens with one attached hydrogen (secondary N) is 1. The molecule has 0 aliphatic rings. The maximum atomic E-state index is 13.7. The Hall–Kier alpha value is -2.42. The molecule has 2 atom stereocenters. The summed E-state index contributed by atoms with van der Waals surface area (Å²) in [4.78, 5) is 0. The van der Waals surface area contributed by atoms with Gasteiger partial charge in [-0.05, 0) is 56.2 Å². The Bertz CT molecular complexity index is 756. The zero-order valence-electron chi connectivity index (χ0n) is 14.7. The summed E-state index contributed by atoms with van der Waals surface area (Å²) in [7, 11) is 0. The maximum absolute atomic E-state index is 13.7. The first-order valence-corrected chi connectivity index (χ1v) is 8.28. The van der Waals surface area contributed by atoms with Gasteiger partial charge in [-0.15, -0.1) is 0 Å². The van der Waals surface area contributed by atoms with Crippen molar-refractivity contribution < 1.29 is 14.2 Å². The van der Waals surface area contributed by atoms with Crippen molar-refractivity contribution in [3.63, 3.8) is 0 Å². The Kier molecular flexibility index (Phi) is 6.51. The van der Waals surface area contributed by atoms with Crippen molar-refractivity contribution in [2.24, 2.45) is 0 Å². The summed E-state index contributed by atoms with van der Waals surface area (Å²) in [5, 5.41) is 22.3. The number of aliphatic hydroxyl groups excluding tert-OH is 1. The highest BCUT2D eigenvalue weighted by Crippen LogP contribution is 2.21. The molecule has 0 saturated heterocycles. The summed E-state index contributed by atoms with van der Waals surface area (Å²) in [6.45, 7) is 6.09. The van der Waals surface area contributed by atoms with Gasteiger partial charge < -0.3 is 15.2 Å². The molecule has 2 N–H and O–H groups in total. The van der Waals surface area contributed by atoms with Crippen molar-refractivity contribution in [1.29, 1.82) is 5.26 Å². The summed E-state index contributed by atoms with van der Waals surface area (Å²) in [6, 6.07) is 13.5. The molecule has 0 aliphatic carbocycles. The van der Waals surface area contributed by atoms with Crippen LogP contribution in [0, 0.1) is 17.1 Å². The quantitative estimate of drug-likeness (QED) is 0.802. The molecule has 25 heavy (non-hydrogen) atoms. The first-order valence-electron chi connectivity index (χ1n) is 8.28. The van der Waals surface area contributed by atoms with E-state index in [0.29, 0.717) is 12.3 Å². The van der Waals surface area contributed by atoms with Crippen molar-refractivity contribution >= 4 is 0 Å². The Morgan fingerprint density at radius 1 is 1.16 bits per heavy atom. The van der Waals surface area contributed by atoms with Crippen LogP contribution >= 0.6 is 0 Å². The van der Waals surface area contributed by atoms with Crippen LogP contribution in [0.5, 0.6) is 5.75 Å². The predicted molar refractivity (Wildman–Crippen MR) is 94.7 cm³/mol. The monoisotopic (exact) mass is 342 g/mol. The number of hydrogen-bond donors (Lipinski definition) is 2. The molecule has 0 aromatic heterocycles. The topological polar surface area (TPSA) is 65.3 Å². The van der Waals surface area contributed by atoms with Crippen molar-refractivity contribution in [3.8, 4) is 11.8 Å². The molecule has 0 heterocycles. The molecular formula is C20H23FN2O2. The number of ether oxygens (including phenoxy) is 1. The van der Waals surface area contributed by atoms with Crippen LogP contribution in [0.1, 0.15) is 49.6 Å². The van der Waals surface area contributed by atoms with Crippen molar-refractivity contribution in [3.05, 3.63) is 65.0 Å². The second kappa shape index (κ2) is 8.61. The van der Waals surface area contributed by atoms with E-state index in [1.165, 1.54) is 12.1 Å². The van der Waals surface area contributed by atoms with E-state index in [2.05, 4.69) is 5.32 Å². The molecule has 0 spiro atoms. The maximum Gasteiger partial charge on any atom is 0.141 e. The van der Waals surface area contributed by atoms with Crippen molar-refractivity contribution in [1.82, 2.24) is 5.32 Å². The van der Waals surface area contributed by atoms with Gasteiger partial charge in [-0.2, -0.15) is 5.26 Å². The highest BCUT2D eigenvalue weighted by molar-refractivity contribution is 5.34. The molecule has 2 aromatic carbocycles. The zero-order chi connectivity index (χ0) is 18.4. The summed E-state index contributed by atoms with van der Waals surface area (Å²) < 4.78 is 19.3. The van der Waals surface area contributed by atoms with Gasteiger partial charge in [-0.1, -0.05) is 18.2 Å². The molecule has 0 fully saturated rings. The predicted octanol–water partition coefficient (Wildman–Crippen LogP) is 3.87. The van der Waals surface area contributed by atoms with Crippen molar-refractivity contribution in [2.75, 3.05) is 6.54 Å². The van der Waals surface area contributed by atoms with Crippen molar-refractivity contribution in [2.45, 2.75) is 39.0 Å². The molecular weight excluding hydrogens is 319 g/mol. The molecule has 4 nitrogen and oxygen atoms in total. The van der Waals surface area contributed by atoms with Gasteiger partial charge in [-0.25, -0.2) is 4.39 Å². The fourth-order valence-corrected chi connectivity index (χ4v) is 2.48. The minimum atomic E-state index is -0.707. The SMILES string of the molecule is CC(C)Oc1cccc(C(O)CNC(C)c2ccc(C#N)c(F)c2)c1. The van der Waals surface area contributed by atoms with Crippen LogP contribution in [0.15, 0.2) is 42.5 Å². The standard InChI is InChI=1S/C20H23FN2O2/c1-13(2)25-18-6-4-5-16(9-18)20(24)12-23-14(3)15-7-8-17(11-22)19(21)10-15/h4-10,13-14,20,23-24H,12H2,1-3H3. The lowest BCUT2D eigenvalue weighted by molar-refractivity contribution is 0.169. The zero-order valence-corrected chi connectivity index (χ0v) is 14.7. The van der Waals surface area contributed by atoms with Crippen LogP contribution in [-0.4, -0.2) is 17.8 Å².